The Hall–Kier alpha value is -1.32. The topological polar surface area (TPSA) is 45.0 Å². The third kappa shape index (κ3) is 3.53. The zero-order valence-electron chi connectivity index (χ0n) is 13.7. The summed E-state index contributed by atoms with van der Waals surface area (Å²) in [6, 6.07) is 9.00. The van der Waals surface area contributed by atoms with Crippen molar-refractivity contribution in [2.75, 3.05) is 19.6 Å². The number of nitrogens with two attached hydrogens (primary N) is 1. The number of rotatable bonds is 6. The summed E-state index contributed by atoms with van der Waals surface area (Å²) in [6.45, 7) is 5.76. The molecule has 1 fully saturated rings. The lowest BCUT2D eigenvalue weighted by atomic mass is 9.88. The third-order valence-corrected chi connectivity index (χ3v) is 5.18. The van der Waals surface area contributed by atoms with Gasteiger partial charge >= 0.3 is 0 Å². The molecule has 120 valence electrons. The van der Waals surface area contributed by atoms with Crippen LogP contribution in [0.1, 0.15) is 38.2 Å². The Balaban J connectivity index is 1.57. The number of benzene rings is 1. The van der Waals surface area contributed by atoms with Crippen molar-refractivity contribution in [2.45, 2.75) is 45.1 Å². The predicted octanol–water partition coefficient (Wildman–Crippen LogP) is 3.55. The zero-order chi connectivity index (χ0) is 15.4. The number of aromatic nitrogens is 1. The van der Waals surface area contributed by atoms with Crippen molar-refractivity contribution in [3.8, 4) is 0 Å². The van der Waals surface area contributed by atoms with Gasteiger partial charge in [-0.25, -0.2) is 0 Å². The van der Waals surface area contributed by atoms with Crippen LogP contribution >= 0.6 is 0 Å². The summed E-state index contributed by atoms with van der Waals surface area (Å²) in [7, 11) is 0. The Morgan fingerprint density at radius 3 is 3.05 bits per heavy atom. The van der Waals surface area contributed by atoms with E-state index >= 15 is 0 Å². The van der Waals surface area contributed by atoms with E-state index in [-0.39, 0.29) is 0 Å². The Morgan fingerprint density at radius 1 is 1.32 bits per heavy atom. The highest BCUT2D eigenvalue weighted by Crippen LogP contribution is 2.23. The Labute approximate surface area is 133 Å². The van der Waals surface area contributed by atoms with Crippen LogP contribution in [0.4, 0.5) is 0 Å². The summed E-state index contributed by atoms with van der Waals surface area (Å²) >= 11 is 0. The van der Waals surface area contributed by atoms with Gasteiger partial charge < -0.3 is 15.6 Å². The second kappa shape index (κ2) is 7.30. The first-order chi connectivity index (χ1) is 10.8. The molecule has 0 spiro atoms. The molecule has 2 aromatic rings. The first-order valence-electron chi connectivity index (χ1n) is 8.81. The average molecular weight is 299 g/mol. The molecule has 1 saturated heterocycles. The van der Waals surface area contributed by atoms with E-state index in [1.807, 2.05) is 0 Å². The van der Waals surface area contributed by atoms with E-state index in [1.54, 1.807) is 0 Å². The first kappa shape index (κ1) is 15.6. The number of fused-ring (bicyclic) bond motifs is 1. The van der Waals surface area contributed by atoms with Crippen molar-refractivity contribution in [1.82, 2.24) is 9.88 Å². The van der Waals surface area contributed by atoms with Gasteiger partial charge in [-0.2, -0.15) is 0 Å². The molecule has 3 heteroatoms. The molecule has 0 aliphatic carbocycles. The fraction of sp³-hybridized carbons (Fsp3) is 0.579. The molecule has 3 N–H and O–H groups in total. The number of para-hydroxylation sites is 1. The highest BCUT2D eigenvalue weighted by molar-refractivity contribution is 5.83. The van der Waals surface area contributed by atoms with Gasteiger partial charge in [0.2, 0.25) is 0 Å². The molecule has 3 rings (SSSR count). The van der Waals surface area contributed by atoms with E-state index in [9.17, 15) is 0 Å². The minimum Gasteiger partial charge on any atom is -0.361 e. The second-order valence-corrected chi connectivity index (χ2v) is 6.76. The van der Waals surface area contributed by atoms with Crippen LogP contribution in [0.2, 0.25) is 0 Å². The number of likely N-dealkylation sites (tertiary alicyclic amines) is 1. The fourth-order valence-corrected chi connectivity index (χ4v) is 3.72. The van der Waals surface area contributed by atoms with Crippen molar-refractivity contribution in [3.63, 3.8) is 0 Å². The van der Waals surface area contributed by atoms with Crippen molar-refractivity contribution in [2.24, 2.45) is 11.7 Å². The molecule has 1 aliphatic heterocycles. The number of H-pyrrole nitrogens is 1. The van der Waals surface area contributed by atoms with Gasteiger partial charge in [0.25, 0.3) is 0 Å². The Morgan fingerprint density at radius 2 is 2.18 bits per heavy atom. The number of aromatic amines is 1. The van der Waals surface area contributed by atoms with E-state index in [1.165, 1.54) is 42.3 Å². The molecular weight excluding hydrogens is 270 g/mol. The van der Waals surface area contributed by atoms with Crippen molar-refractivity contribution in [3.05, 3.63) is 36.0 Å². The van der Waals surface area contributed by atoms with Crippen LogP contribution in [-0.4, -0.2) is 35.6 Å². The van der Waals surface area contributed by atoms with E-state index < -0.39 is 0 Å². The van der Waals surface area contributed by atoms with Crippen LogP contribution in [0.15, 0.2) is 30.5 Å². The fourth-order valence-electron chi connectivity index (χ4n) is 3.72. The molecule has 0 amide bonds. The van der Waals surface area contributed by atoms with Gasteiger partial charge in [0.05, 0.1) is 0 Å². The maximum Gasteiger partial charge on any atom is 0.0456 e. The van der Waals surface area contributed by atoms with Gasteiger partial charge in [0.15, 0.2) is 0 Å². The molecular formula is C19H29N3. The normalized spacial score (nSPS) is 23.2. The lowest BCUT2D eigenvalue weighted by Gasteiger charge is -2.37. The number of hydrogen-bond acceptors (Lipinski definition) is 2. The highest BCUT2D eigenvalue weighted by atomic mass is 15.1. The molecule has 0 radical (unpaired) electrons. The van der Waals surface area contributed by atoms with Crippen molar-refractivity contribution < 1.29 is 0 Å². The van der Waals surface area contributed by atoms with Gasteiger partial charge in [-0.15, -0.1) is 0 Å². The zero-order valence-corrected chi connectivity index (χ0v) is 13.7. The SMILES string of the molecule is CCCCC1CN(CCc2c[nH]c3ccccc23)CCC1N. The summed E-state index contributed by atoms with van der Waals surface area (Å²) in [4.78, 5) is 6.00. The van der Waals surface area contributed by atoms with Gasteiger partial charge in [-0.05, 0) is 43.4 Å². The van der Waals surface area contributed by atoms with E-state index in [0.29, 0.717) is 12.0 Å². The van der Waals surface area contributed by atoms with Gasteiger partial charge in [-0.3, -0.25) is 0 Å². The summed E-state index contributed by atoms with van der Waals surface area (Å²) in [5.41, 5.74) is 9.00. The quantitative estimate of drug-likeness (QED) is 0.857. The largest absolute Gasteiger partial charge is 0.361 e. The van der Waals surface area contributed by atoms with E-state index in [2.05, 4.69) is 47.3 Å². The van der Waals surface area contributed by atoms with E-state index in [4.69, 9.17) is 5.73 Å². The Bertz CT molecular complexity index is 589. The molecule has 2 atom stereocenters. The summed E-state index contributed by atoms with van der Waals surface area (Å²) in [5.74, 6) is 0.691. The maximum absolute atomic E-state index is 6.32. The third-order valence-electron chi connectivity index (χ3n) is 5.18. The molecule has 22 heavy (non-hydrogen) atoms. The summed E-state index contributed by atoms with van der Waals surface area (Å²) in [5, 5.41) is 1.37. The van der Waals surface area contributed by atoms with Crippen LogP contribution < -0.4 is 5.73 Å². The smallest absolute Gasteiger partial charge is 0.0456 e. The maximum atomic E-state index is 6.32. The van der Waals surface area contributed by atoms with Crippen molar-refractivity contribution in [1.29, 1.82) is 0 Å². The van der Waals surface area contributed by atoms with Crippen LogP contribution in [0, 0.1) is 5.92 Å². The van der Waals surface area contributed by atoms with Crippen LogP contribution in [-0.2, 0) is 6.42 Å². The molecule has 1 aromatic heterocycles. The number of unbranched alkanes of at least 4 members (excludes halogenated alkanes) is 1. The van der Waals surface area contributed by atoms with E-state index in [0.717, 1.165) is 25.9 Å². The molecule has 3 nitrogen and oxygen atoms in total. The lowest BCUT2D eigenvalue weighted by molar-refractivity contribution is 0.148. The van der Waals surface area contributed by atoms with Crippen LogP contribution in [0.25, 0.3) is 10.9 Å². The van der Waals surface area contributed by atoms with Gasteiger partial charge in [0, 0.05) is 36.2 Å². The highest BCUT2D eigenvalue weighted by Gasteiger charge is 2.25. The monoisotopic (exact) mass is 299 g/mol. The minimum absolute atomic E-state index is 0.413. The van der Waals surface area contributed by atoms with Crippen LogP contribution in [0.3, 0.4) is 0 Å². The minimum atomic E-state index is 0.413. The number of piperidine rings is 1. The standard InChI is InChI=1S/C19H29N3/c1-2-3-6-16-14-22(12-10-18(16)20)11-9-15-13-21-19-8-5-4-7-17(15)19/h4-5,7-8,13,16,18,21H,2-3,6,9-12,14,20H2,1H3. The molecule has 1 aromatic carbocycles. The van der Waals surface area contributed by atoms with Crippen molar-refractivity contribution >= 4 is 10.9 Å². The molecule has 2 heterocycles. The second-order valence-electron chi connectivity index (χ2n) is 6.76. The van der Waals surface area contributed by atoms with Gasteiger partial charge in [-0.1, -0.05) is 38.0 Å². The lowest BCUT2D eigenvalue weighted by Crippen LogP contribution is -2.47. The van der Waals surface area contributed by atoms with Crippen LogP contribution in [0.5, 0.6) is 0 Å². The number of nitrogens with zero attached hydrogens (tertiary/aromatic N) is 1. The summed E-state index contributed by atoms with van der Waals surface area (Å²) < 4.78 is 0. The predicted molar refractivity (Wildman–Crippen MR) is 94.1 cm³/mol. The molecule has 2 unspecified atom stereocenters. The first-order valence-corrected chi connectivity index (χ1v) is 8.81. The average Bonchev–Trinajstić information content (AvgIpc) is 2.96. The molecule has 0 bridgehead atoms. The van der Waals surface area contributed by atoms with Gasteiger partial charge in [0.1, 0.15) is 0 Å². The molecule has 0 saturated carbocycles. The molecule has 1 aliphatic rings. The Kier molecular flexibility index (Phi) is 5.16. The number of nitrogens with one attached hydrogen (secondary N) is 1. The number of hydrogen-bond donors (Lipinski definition) is 2. The summed E-state index contributed by atoms with van der Waals surface area (Å²) in [6.07, 6.45) is 8.34.